The van der Waals surface area contributed by atoms with Crippen molar-refractivity contribution < 1.29 is 19.1 Å². The van der Waals surface area contributed by atoms with Crippen LogP contribution in [0.1, 0.15) is 28.1 Å². The van der Waals surface area contributed by atoms with E-state index in [1.807, 2.05) is 17.5 Å². The molecule has 0 bridgehead atoms. The second kappa shape index (κ2) is 7.33. The SMILES string of the molecule is O=C1CC[C@@H](CN(Cc2ccncc2)C(=O)c2scc3c2OCCO3)N1. The fourth-order valence-corrected chi connectivity index (χ4v) is 4.06. The number of nitrogens with zero attached hydrogens (tertiary/aromatic N) is 2. The molecule has 0 aliphatic carbocycles. The number of hydrogen-bond donors (Lipinski definition) is 1. The Morgan fingerprint density at radius 3 is 2.88 bits per heavy atom. The number of nitrogens with one attached hydrogen (secondary N) is 1. The minimum Gasteiger partial charge on any atom is -0.485 e. The maximum absolute atomic E-state index is 13.2. The third-order valence-electron chi connectivity index (χ3n) is 4.43. The fourth-order valence-electron chi connectivity index (χ4n) is 3.16. The highest BCUT2D eigenvalue weighted by Crippen LogP contribution is 2.40. The van der Waals surface area contributed by atoms with Crippen LogP contribution in [-0.2, 0) is 11.3 Å². The summed E-state index contributed by atoms with van der Waals surface area (Å²) in [6, 6.07) is 3.75. The number of pyridine rings is 1. The van der Waals surface area contributed by atoms with Gasteiger partial charge >= 0.3 is 0 Å². The van der Waals surface area contributed by atoms with Crippen LogP contribution >= 0.6 is 11.3 Å². The molecule has 1 saturated heterocycles. The van der Waals surface area contributed by atoms with Crippen LogP contribution in [0.5, 0.6) is 11.5 Å². The maximum Gasteiger partial charge on any atom is 0.268 e. The third-order valence-corrected chi connectivity index (χ3v) is 5.36. The van der Waals surface area contributed by atoms with Crippen LogP contribution in [0.15, 0.2) is 29.9 Å². The molecular weight excluding hydrogens is 354 g/mol. The highest BCUT2D eigenvalue weighted by atomic mass is 32.1. The number of carbonyl (C=O) groups is 2. The van der Waals surface area contributed by atoms with Crippen LogP contribution in [0.4, 0.5) is 0 Å². The predicted octanol–water partition coefficient (Wildman–Crippen LogP) is 1.84. The van der Waals surface area contributed by atoms with Gasteiger partial charge in [0.2, 0.25) is 5.91 Å². The highest BCUT2D eigenvalue weighted by molar-refractivity contribution is 7.12. The average molecular weight is 373 g/mol. The lowest BCUT2D eigenvalue weighted by Crippen LogP contribution is -2.41. The molecule has 2 amide bonds. The Morgan fingerprint density at radius 1 is 1.31 bits per heavy atom. The van der Waals surface area contributed by atoms with Crippen LogP contribution in [-0.4, -0.2) is 47.5 Å². The predicted molar refractivity (Wildman–Crippen MR) is 95.5 cm³/mol. The third kappa shape index (κ3) is 3.50. The first-order chi connectivity index (χ1) is 12.7. The van der Waals surface area contributed by atoms with Crippen molar-refractivity contribution in [2.45, 2.75) is 25.4 Å². The molecule has 1 fully saturated rings. The number of carbonyl (C=O) groups excluding carboxylic acids is 2. The van der Waals surface area contributed by atoms with Crippen LogP contribution in [0.25, 0.3) is 0 Å². The number of thiophene rings is 1. The summed E-state index contributed by atoms with van der Waals surface area (Å²) in [5.74, 6) is 1.08. The number of hydrogen-bond acceptors (Lipinski definition) is 6. The standard InChI is InChI=1S/C18H19N3O4S/c22-15-2-1-13(20-15)10-21(9-12-3-5-19-6-4-12)18(23)17-16-14(11-26-17)24-7-8-25-16/h3-6,11,13H,1-2,7-10H2,(H,20,22)/t13-/m0/s1. The average Bonchev–Trinajstić information content (AvgIpc) is 3.27. The Kier molecular flexibility index (Phi) is 4.75. The van der Waals surface area contributed by atoms with Crippen molar-refractivity contribution in [1.82, 2.24) is 15.2 Å². The van der Waals surface area contributed by atoms with Gasteiger partial charge in [-0.2, -0.15) is 0 Å². The van der Waals surface area contributed by atoms with Crippen molar-refractivity contribution >= 4 is 23.2 Å². The molecule has 4 rings (SSSR count). The zero-order valence-corrected chi connectivity index (χ0v) is 15.0. The second-order valence-corrected chi connectivity index (χ2v) is 7.18. The monoisotopic (exact) mass is 373 g/mol. The summed E-state index contributed by atoms with van der Waals surface area (Å²) in [7, 11) is 0. The molecule has 0 radical (unpaired) electrons. The summed E-state index contributed by atoms with van der Waals surface area (Å²) in [6.45, 7) is 1.83. The summed E-state index contributed by atoms with van der Waals surface area (Å²) < 4.78 is 11.2. The molecule has 1 atom stereocenters. The fraction of sp³-hybridized carbons (Fsp3) is 0.389. The van der Waals surface area contributed by atoms with Crippen LogP contribution < -0.4 is 14.8 Å². The number of aromatic nitrogens is 1. The van der Waals surface area contributed by atoms with Crippen molar-refractivity contribution in [1.29, 1.82) is 0 Å². The van der Waals surface area contributed by atoms with Crippen molar-refractivity contribution in [2.75, 3.05) is 19.8 Å². The summed E-state index contributed by atoms with van der Waals surface area (Å²) in [5, 5.41) is 4.74. The molecule has 2 aromatic rings. The van der Waals surface area contributed by atoms with Crippen molar-refractivity contribution in [3.05, 3.63) is 40.3 Å². The summed E-state index contributed by atoms with van der Waals surface area (Å²) >= 11 is 1.33. The molecule has 2 aromatic heterocycles. The molecule has 136 valence electrons. The summed E-state index contributed by atoms with van der Waals surface area (Å²) in [4.78, 5) is 31.1. The first-order valence-electron chi connectivity index (χ1n) is 8.55. The lowest BCUT2D eigenvalue weighted by molar-refractivity contribution is -0.119. The van der Waals surface area contributed by atoms with E-state index in [0.29, 0.717) is 49.1 Å². The van der Waals surface area contributed by atoms with E-state index in [-0.39, 0.29) is 17.9 Å². The molecule has 4 heterocycles. The van der Waals surface area contributed by atoms with Gasteiger partial charge in [-0.3, -0.25) is 14.6 Å². The number of fused-ring (bicyclic) bond motifs is 1. The molecule has 7 nitrogen and oxygen atoms in total. The molecule has 26 heavy (non-hydrogen) atoms. The Balaban J connectivity index is 1.57. The summed E-state index contributed by atoms with van der Waals surface area (Å²) in [6.07, 6.45) is 4.66. The van der Waals surface area contributed by atoms with Gasteiger partial charge in [-0.05, 0) is 24.1 Å². The molecule has 0 aromatic carbocycles. The van der Waals surface area contributed by atoms with E-state index in [1.165, 1.54) is 11.3 Å². The molecule has 2 aliphatic rings. The first-order valence-corrected chi connectivity index (χ1v) is 9.43. The largest absolute Gasteiger partial charge is 0.485 e. The quantitative estimate of drug-likeness (QED) is 0.865. The topological polar surface area (TPSA) is 80.8 Å². The minimum atomic E-state index is -0.111. The zero-order valence-electron chi connectivity index (χ0n) is 14.1. The van der Waals surface area contributed by atoms with Gasteiger partial charge in [0.25, 0.3) is 5.91 Å². The van der Waals surface area contributed by atoms with E-state index >= 15 is 0 Å². The van der Waals surface area contributed by atoms with Gasteiger partial charge in [-0.15, -0.1) is 11.3 Å². The van der Waals surface area contributed by atoms with Gasteiger partial charge in [0.15, 0.2) is 11.5 Å². The van der Waals surface area contributed by atoms with Gasteiger partial charge < -0.3 is 19.7 Å². The Morgan fingerprint density at radius 2 is 2.12 bits per heavy atom. The van der Waals surface area contributed by atoms with Crippen LogP contribution in [0.2, 0.25) is 0 Å². The second-order valence-electron chi connectivity index (χ2n) is 6.30. The molecule has 8 heteroatoms. The lowest BCUT2D eigenvalue weighted by atomic mass is 10.2. The normalized spacial score (nSPS) is 18.5. The smallest absolute Gasteiger partial charge is 0.268 e. The van der Waals surface area contributed by atoms with Crippen LogP contribution in [0.3, 0.4) is 0 Å². The van der Waals surface area contributed by atoms with Gasteiger partial charge in [-0.1, -0.05) is 0 Å². The molecule has 0 unspecified atom stereocenters. The van der Waals surface area contributed by atoms with Gasteiger partial charge in [0.05, 0.1) is 0 Å². The highest BCUT2D eigenvalue weighted by Gasteiger charge is 2.30. The molecule has 2 aliphatic heterocycles. The number of amides is 2. The zero-order chi connectivity index (χ0) is 17.9. The van der Waals surface area contributed by atoms with Crippen LogP contribution in [0, 0.1) is 0 Å². The minimum absolute atomic E-state index is 0.0266. The van der Waals surface area contributed by atoms with Crippen molar-refractivity contribution in [3.8, 4) is 11.5 Å². The van der Waals surface area contributed by atoms with Gasteiger partial charge in [0.1, 0.15) is 18.1 Å². The van der Waals surface area contributed by atoms with E-state index in [4.69, 9.17) is 9.47 Å². The van der Waals surface area contributed by atoms with E-state index in [1.54, 1.807) is 17.3 Å². The first kappa shape index (κ1) is 16.8. The molecular formula is C18H19N3O4S. The van der Waals surface area contributed by atoms with E-state index < -0.39 is 0 Å². The Bertz CT molecular complexity index is 808. The van der Waals surface area contributed by atoms with Gasteiger partial charge in [0, 0.05) is 43.3 Å². The maximum atomic E-state index is 13.2. The van der Waals surface area contributed by atoms with E-state index in [9.17, 15) is 9.59 Å². The Hall–Kier alpha value is -2.61. The van der Waals surface area contributed by atoms with Crippen molar-refractivity contribution in [2.24, 2.45) is 0 Å². The molecule has 1 N–H and O–H groups in total. The summed E-state index contributed by atoms with van der Waals surface area (Å²) in [5.41, 5.74) is 0.986. The molecule has 0 spiro atoms. The Labute approximate surface area is 154 Å². The van der Waals surface area contributed by atoms with E-state index in [0.717, 1.165) is 12.0 Å². The van der Waals surface area contributed by atoms with Gasteiger partial charge in [-0.25, -0.2) is 0 Å². The molecule has 0 saturated carbocycles. The lowest BCUT2D eigenvalue weighted by Gasteiger charge is -2.26. The number of rotatable bonds is 5. The van der Waals surface area contributed by atoms with Crippen molar-refractivity contribution in [3.63, 3.8) is 0 Å². The van der Waals surface area contributed by atoms with E-state index in [2.05, 4.69) is 10.3 Å². The number of ether oxygens (including phenoxy) is 2.